The molecule has 19 heavy (non-hydrogen) atoms. The lowest BCUT2D eigenvalue weighted by Gasteiger charge is -2.37. The molecule has 0 spiro atoms. The molecule has 1 aliphatic heterocycles. The van der Waals surface area contributed by atoms with E-state index in [1.807, 2.05) is 13.8 Å². The van der Waals surface area contributed by atoms with Crippen molar-refractivity contribution in [2.75, 3.05) is 26.2 Å². The van der Waals surface area contributed by atoms with E-state index in [2.05, 4.69) is 24.1 Å². The molecule has 0 radical (unpaired) electrons. The van der Waals surface area contributed by atoms with E-state index >= 15 is 0 Å². The first-order chi connectivity index (χ1) is 9.08. The third kappa shape index (κ3) is 5.49. The highest BCUT2D eigenvalue weighted by Gasteiger charge is 2.25. The Kier molecular flexibility index (Phi) is 7.39. The molecule has 4 nitrogen and oxygen atoms in total. The van der Waals surface area contributed by atoms with Crippen LogP contribution in [0.4, 0.5) is 0 Å². The SMILES string of the molecule is CCNC(CCN1CCC(C)CC1C)C(=O)OCC. The number of carbonyl (C=O) groups excluding carboxylic acids is 1. The van der Waals surface area contributed by atoms with Crippen molar-refractivity contribution >= 4 is 5.97 Å². The molecule has 0 bridgehead atoms. The molecule has 0 amide bonds. The van der Waals surface area contributed by atoms with E-state index in [0.29, 0.717) is 12.6 Å². The highest BCUT2D eigenvalue weighted by molar-refractivity contribution is 5.75. The van der Waals surface area contributed by atoms with Crippen LogP contribution in [0.2, 0.25) is 0 Å². The van der Waals surface area contributed by atoms with Gasteiger partial charge < -0.3 is 15.0 Å². The number of hydrogen-bond acceptors (Lipinski definition) is 4. The minimum atomic E-state index is -0.156. The summed E-state index contributed by atoms with van der Waals surface area (Å²) in [5.41, 5.74) is 0. The molecule has 0 aromatic rings. The number of likely N-dealkylation sites (N-methyl/N-ethyl adjacent to an activating group) is 1. The van der Waals surface area contributed by atoms with Gasteiger partial charge in [-0.1, -0.05) is 13.8 Å². The van der Waals surface area contributed by atoms with Crippen LogP contribution < -0.4 is 5.32 Å². The predicted molar refractivity (Wildman–Crippen MR) is 78.1 cm³/mol. The van der Waals surface area contributed by atoms with Gasteiger partial charge in [-0.15, -0.1) is 0 Å². The van der Waals surface area contributed by atoms with Crippen molar-refractivity contribution in [3.63, 3.8) is 0 Å². The lowest BCUT2D eigenvalue weighted by Crippen LogP contribution is -2.45. The Labute approximate surface area is 117 Å². The molecule has 1 N–H and O–H groups in total. The van der Waals surface area contributed by atoms with Crippen LogP contribution in [0.1, 0.15) is 47.0 Å². The molecule has 0 saturated carbocycles. The van der Waals surface area contributed by atoms with Gasteiger partial charge in [-0.05, 0) is 52.1 Å². The van der Waals surface area contributed by atoms with E-state index in [1.54, 1.807) is 0 Å². The number of nitrogens with zero attached hydrogens (tertiary/aromatic N) is 1. The Balaban J connectivity index is 2.40. The molecule has 112 valence electrons. The molecular weight excluding hydrogens is 240 g/mol. The molecular formula is C15H30N2O2. The van der Waals surface area contributed by atoms with Crippen molar-refractivity contribution in [2.24, 2.45) is 5.92 Å². The average molecular weight is 270 g/mol. The maximum Gasteiger partial charge on any atom is 0.323 e. The van der Waals surface area contributed by atoms with Crippen LogP contribution >= 0.6 is 0 Å². The van der Waals surface area contributed by atoms with Gasteiger partial charge in [0.2, 0.25) is 0 Å². The van der Waals surface area contributed by atoms with Gasteiger partial charge in [0.1, 0.15) is 6.04 Å². The summed E-state index contributed by atoms with van der Waals surface area (Å²) in [6.45, 7) is 11.9. The van der Waals surface area contributed by atoms with Gasteiger partial charge in [0, 0.05) is 12.6 Å². The van der Waals surface area contributed by atoms with E-state index in [1.165, 1.54) is 12.8 Å². The summed E-state index contributed by atoms with van der Waals surface area (Å²) < 4.78 is 5.12. The van der Waals surface area contributed by atoms with Crippen molar-refractivity contribution in [1.29, 1.82) is 0 Å². The highest BCUT2D eigenvalue weighted by Crippen LogP contribution is 2.22. The first-order valence-electron chi connectivity index (χ1n) is 7.72. The summed E-state index contributed by atoms with van der Waals surface area (Å²) in [6, 6.07) is 0.477. The van der Waals surface area contributed by atoms with Crippen molar-refractivity contribution in [3.8, 4) is 0 Å². The number of nitrogens with one attached hydrogen (secondary N) is 1. The quantitative estimate of drug-likeness (QED) is 0.719. The number of esters is 1. The Bertz CT molecular complexity index is 271. The van der Waals surface area contributed by atoms with Crippen molar-refractivity contribution in [3.05, 3.63) is 0 Å². The van der Waals surface area contributed by atoms with Gasteiger partial charge in [-0.3, -0.25) is 4.79 Å². The molecule has 1 rings (SSSR count). The fourth-order valence-corrected chi connectivity index (χ4v) is 2.88. The minimum Gasteiger partial charge on any atom is -0.465 e. The number of carbonyl (C=O) groups is 1. The number of rotatable bonds is 7. The van der Waals surface area contributed by atoms with Crippen molar-refractivity contribution < 1.29 is 9.53 Å². The summed E-state index contributed by atoms with van der Waals surface area (Å²) in [5.74, 6) is 0.725. The van der Waals surface area contributed by atoms with E-state index in [4.69, 9.17) is 4.74 Å². The molecule has 0 aromatic heterocycles. The lowest BCUT2D eigenvalue weighted by molar-refractivity contribution is -0.146. The van der Waals surface area contributed by atoms with Gasteiger partial charge in [-0.2, -0.15) is 0 Å². The van der Waals surface area contributed by atoms with Gasteiger partial charge in [-0.25, -0.2) is 0 Å². The van der Waals surface area contributed by atoms with E-state index in [9.17, 15) is 4.79 Å². The van der Waals surface area contributed by atoms with Crippen LogP contribution in [0.3, 0.4) is 0 Å². The zero-order chi connectivity index (χ0) is 14.3. The van der Waals surface area contributed by atoms with E-state index < -0.39 is 0 Å². The first-order valence-corrected chi connectivity index (χ1v) is 7.72. The van der Waals surface area contributed by atoms with Crippen LogP contribution in [0.5, 0.6) is 0 Å². The molecule has 1 fully saturated rings. The topological polar surface area (TPSA) is 41.6 Å². The summed E-state index contributed by atoms with van der Waals surface area (Å²) >= 11 is 0. The summed E-state index contributed by atoms with van der Waals surface area (Å²) in [5, 5.41) is 3.23. The highest BCUT2D eigenvalue weighted by atomic mass is 16.5. The van der Waals surface area contributed by atoms with Gasteiger partial charge in [0.15, 0.2) is 0 Å². The normalized spacial score (nSPS) is 26.1. The minimum absolute atomic E-state index is 0.109. The maximum absolute atomic E-state index is 11.8. The maximum atomic E-state index is 11.8. The van der Waals surface area contributed by atoms with Gasteiger partial charge in [0.25, 0.3) is 0 Å². The standard InChI is InChI=1S/C15H30N2O2/c1-5-16-14(15(18)19-6-2)8-10-17-9-7-12(3)11-13(17)4/h12-14,16H,5-11H2,1-4H3. The molecule has 1 saturated heterocycles. The van der Waals surface area contributed by atoms with Crippen LogP contribution in [-0.4, -0.2) is 49.2 Å². The zero-order valence-corrected chi connectivity index (χ0v) is 12.9. The molecule has 3 atom stereocenters. The molecule has 0 aliphatic carbocycles. The van der Waals surface area contributed by atoms with Gasteiger partial charge in [0.05, 0.1) is 6.61 Å². The Morgan fingerprint density at radius 1 is 1.42 bits per heavy atom. The second kappa shape index (κ2) is 8.54. The molecule has 1 heterocycles. The monoisotopic (exact) mass is 270 g/mol. The third-order valence-electron chi connectivity index (χ3n) is 4.00. The van der Waals surface area contributed by atoms with Crippen LogP contribution in [0, 0.1) is 5.92 Å². The fraction of sp³-hybridized carbons (Fsp3) is 0.933. The van der Waals surface area contributed by atoms with Crippen molar-refractivity contribution in [2.45, 2.75) is 59.0 Å². The number of ether oxygens (including phenoxy) is 1. The summed E-state index contributed by atoms with van der Waals surface area (Å²) in [4.78, 5) is 14.3. The van der Waals surface area contributed by atoms with E-state index in [0.717, 1.165) is 32.0 Å². The first kappa shape index (κ1) is 16.4. The largest absolute Gasteiger partial charge is 0.465 e. The summed E-state index contributed by atoms with van der Waals surface area (Å²) in [7, 11) is 0. The molecule has 4 heteroatoms. The second-order valence-electron chi connectivity index (χ2n) is 5.67. The van der Waals surface area contributed by atoms with Gasteiger partial charge >= 0.3 is 5.97 Å². The fourth-order valence-electron chi connectivity index (χ4n) is 2.88. The Morgan fingerprint density at radius 2 is 2.16 bits per heavy atom. The second-order valence-corrected chi connectivity index (χ2v) is 5.67. The van der Waals surface area contributed by atoms with Crippen LogP contribution in [0.15, 0.2) is 0 Å². The molecule has 3 unspecified atom stereocenters. The number of likely N-dealkylation sites (tertiary alicyclic amines) is 1. The smallest absolute Gasteiger partial charge is 0.323 e. The van der Waals surface area contributed by atoms with Crippen LogP contribution in [-0.2, 0) is 9.53 Å². The lowest BCUT2D eigenvalue weighted by atomic mass is 9.93. The van der Waals surface area contributed by atoms with Crippen molar-refractivity contribution in [1.82, 2.24) is 10.2 Å². The Hall–Kier alpha value is -0.610. The molecule has 1 aliphatic rings. The Morgan fingerprint density at radius 3 is 2.74 bits per heavy atom. The number of piperidine rings is 1. The summed E-state index contributed by atoms with van der Waals surface area (Å²) in [6.07, 6.45) is 3.38. The third-order valence-corrected chi connectivity index (χ3v) is 4.00. The average Bonchev–Trinajstić information content (AvgIpc) is 2.36. The zero-order valence-electron chi connectivity index (χ0n) is 12.9. The molecule has 0 aromatic carbocycles. The number of hydrogen-bond donors (Lipinski definition) is 1. The van der Waals surface area contributed by atoms with E-state index in [-0.39, 0.29) is 12.0 Å². The predicted octanol–water partition coefficient (Wildman–Crippen LogP) is 2.04. The van der Waals surface area contributed by atoms with Crippen LogP contribution in [0.25, 0.3) is 0 Å².